The van der Waals surface area contributed by atoms with Crippen LogP contribution in [0.4, 0.5) is 0 Å². The number of ether oxygens (including phenoxy) is 2. The number of hydrogen-bond donors (Lipinski definition) is 1. The molecule has 106 valence electrons. The third kappa shape index (κ3) is 3.24. The zero-order chi connectivity index (χ0) is 14.5. The molecule has 2 rings (SSSR count). The van der Waals surface area contributed by atoms with Gasteiger partial charge in [0, 0.05) is 10.6 Å². The minimum absolute atomic E-state index is 0.556. The number of aliphatic hydroxyl groups excluding tert-OH is 1. The second-order valence-corrected chi connectivity index (χ2v) is 4.73. The Morgan fingerprint density at radius 2 is 2.00 bits per heavy atom. The first-order valence-electron chi connectivity index (χ1n) is 6.40. The van der Waals surface area contributed by atoms with Gasteiger partial charge in [-0.1, -0.05) is 23.7 Å². The monoisotopic (exact) mass is 292 g/mol. The molecule has 0 heterocycles. The summed E-state index contributed by atoms with van der Waals surface area (Å²) in [5.74, 6) is 1.33. The third-order valence-corrected chi connectivity index (χ3v) is 3.21. The van der Waals surface area contributed by atoms with E-state index in [4.69, 9.17) is 21.1 Å². The van der Waals surface area contributed by atoms with Crippen LogP contribution < -0.4 is 9.47 Å². The summed E-state index contributed by atoms with van der Waals surface area (Å²) in [6.07, 6.45) is -0.816. The zero-order valence-electron chi connectivity index (χ0n) is 11.5. The van der Waals surface area contributed by atoms with E-state index in [1.54, 1.807) is 25.3 Å². The minimum Gasteiger partial charge on any atom is -0.496 e. The molecule has 1 N–H and O–H groups in total. The molecule has 0 bridgehead atoms. The van der Waals surface area contributed by atoms with Crippen LogP contribution >= 0.6 is 11.6 Å². The molecule has 2 aromatic carbocycles. The molecular formula is C16H17ClO3. The molecular weight excluding hydrogens is 276 g/mol. The lowest BCUT2D eigenvalue weighted by molar-refractivity contribution is 0.214. The summed E-state index contributed by atoms with van der Waals surface area (Å²) in [6.45, 7) is 2.50. The van der Waals surface area contributed by atoms with Crippen molar-refractivity contribution in [2.75, 3.05) is 13.7 Å². The first kappa shape index (κ1) is 14.7. The van der Waals surface area contributed by atoms with E-state index in [-0.39, 0.29) is 0 Å². The summed E-state index contributed by atoms with van der Waals surface area (Å²) in [5, 5.41) is 11.1. The van der Waals surface area contributed by atoms with E-state index in [1.165, 1.54) is 0 Å². The number of hydrogen-bond acceptors (Lipinski definition) is 3. The van der Waals surface area contributed by atoms with Crippen LogP contribution in [0.5, 0.6) is 11.5 Å². The van der Waals surface area contributed by atoms with Gasteiger partial charge in [-0.15, -0.1) is 0 Å². The highest BCUT2D eigenvalue weighted by Gasteiger charge is 2.16. The number of halogens is 1. The molecule has 0 spiro atoms. The Morgan fingerprint density at radius 1 is 1.20 bits per heavy atom. The molecule has 0 fully saturated rings. The number of methoxy groups -OCH3 is 1. The van der Waals surface area contributed by atoms with E-state index in [1.807, 2.05) is 31.2 Å². The van der Waals surface area contributed by atoms with Crippen LogP contribution in [-0.4, -0.2) is 18.8 Å². The molecule has 3 nitrogen and oxygen atoms in total. The first-order chi connectivity index (χ1) is 9.65. The average Bonchev–Trinajstić information content (AvgIpc) is 2.47. The van der Waals surface area contributed by atoms with Gasteiger partial charge in [0.05, 0.1) is 13.7 Å². The van der Waals surface area contributed by atoms with E-state index >= 15 is 0 Å². The van der Waals surface area contributed by atoms with Crippen molar-refractivity contribution in [3.05, 3.63) is 58.6 Å². The summed E-state index contributed by atoms with van der Waals surface area (Å²) in [6, 6.07) is 12.5. The predicted molar refractivity (Wildman–Crippen MR) is 79.7 cm³/mol. The van der Waals surface area contributed by atoms with Crippen molar-refractivity contribution in [3.8, 4) is 11.5 Å². The van der Waals surface area contributed by atoms with Crippen LogP contribution in [0, 0.1) is 0 Å². The Hall–Kier alpha value is -1.71. The van der Waals surface area contributed by atoms with Gasteiger partial charge >= 0.3 is 0 Å². The molecule has 0 aromatic heterocycles. The molecule has 0 aliphatic rings. The second kappa shape index (κ2) is 6.64. The number of benzene rings is 2. The summed E-state index contributed by atoms with van der Waals surface area (Å²) < 4.78 is 10.7. The lowest BCUT2D eigenvalue weighted by Gasteiger charge is -2.16. The molecule has 0 aliphatic heterocycles. The maximum absolute atomic E-state index is 10.5. The van der Waals surface area contributed by atoms with Gasteiger partial charge in [-0.05, 0) is 42.8 Å². The highest BCUT2D eigenvalue weighted by Crippen LogP contribution is 2.33. The Labute approximate surface area is 123 Å². The molecule has 20 heavy (non-hydrogen) atoms. The van der Waals surface area contributed by atoms with Gasteiger partial charge in [-0.3, -0.25) is 0 Å². The van der Waals surface area contributed by atoms with Crippen molar-refractivity contribution in [2.24, 2.45) is 0 Å². The number of aliphatic hydroxyl groups is 1. The first-order valence-corrected chi connectivity index (χ1v) is 6.77. The highest BCUT2D eigenvalue weighted by atomic mass is 35.5. The SMILES string of the molecule is CCOc1cccc(C(O)c2cc(Cl)ccc2OC)c1. The summed E-state index contributed by atoms with van der Waals surface area (Å²) in [5.41, 5.74) is 1.37. The fraction of sp³-hybridized carbons (Fsp3) is 0.250. The number of rotatable bonds is 5. The molecule has 0 amide bonds. The fourth-order valence-corrected chi connectivity index (χ4v) is 2.22. The highest BCUT2D eigenvalue weighted by molar-refractivity contribution is 6.30. The van der Waals surface area contributed by atoms with Gasteiger partial charge in [-0.25, -0.2) is 0 Å². The Kier molecular flexibility index (Phi) is 4.88. The molecule has 0 saturated carbocycles. The molecule has 1 unspecified atom stereocenters. The van der Waals surface area contributed by atoms with E-state index < -0.39 is 6.10 Å². The Morgan fingerprint density at radius 3 is 2.70 bits per heavy atom. The van der Waals surface area contributed by atoms with Crippen molar-refractivity contribution in [2.45, 2.75) is 13.0 Å². The van der Waals surface area contributed by atoms with Crippen LogP contribution in [0.1, 0.15) is 24.2 Å². The molecule has 4 heteroatoms. The molecule has 0 radical (unpaired) electrons. The van der Waals surface area contributed by atoms with Crippen molar-refractivity contribution in [3.63, 3.8) is 0 Å². The maximum atomic E-state index is 10.5. The van der Waals surface area contributed by atoms with Gasteiger partial charge in [-0.2, -0.15) is 0 Å². The largest absolute Gasteiger partial charge is 0.496 e. The Balaban J connectivity index is 2.37. The van der Waals surface area contributed by atoms with Crippen LogP contribution in [0.3, 0.4) is 0 Å². The fourth-order valence-electron chi connectivity index (χ4n) is 2.04. The Bertz CT molecular complexity index is 584. The third-order valence-electron chi connectivity index (χ3n) is 2.97. The quantitative estimate of drug-likeness (QED) is 0.910. The lowest BCUT2D eigenvalue weighted by Crippen LogP contribution is -2.03. The van der Waals surface area contributed by atoms with E-state index in [0.29, 0.717) is 22.9 Å². The van der Waals surface area contributed by atoms with Crippen molar-refractivity contribution in [1.29, 1.82) is 0 Å². The zero-order valence-corrected chi connectivity index (χ0v) is 12.2. The van der Waals surface area contributed by atoms with Gasteiger partial charge in [0.1, 0.15) is 17.6 Å². The summed E-state index contributed by atoms with van der Waals surface area (Å²) >= 11 is 5.99. The standard InChI is InChI=1S/C16H17ClO3/c1-3-20-13-6-4-5-11(9-13)16(18)14-10-12(17)7-8-15(14)19-2/h4-10,16,18H,3H2,1-2H3. The molecule has 0 aliphatic carbocycles. The second-order valence-electron chi connectivity index (χ2n) is 4.29. The van der Waals surface area contributed by atoms with E-state index in [0.717, 1.165) is 11.3 Å². The van der Waals surface area contributed by atoms with Gasteiger partial charge < -0.3 is 14.6 Å². The van der Waals surface area contributed by atoms with Crippen LogP contribution in [0.25, 0.3) is 0 Å². The minimum atomic E-state index is -0.816. The van der Waals surface area contributed by atoms with Crippen LogP contribution in [0.15, 0.2) is 42.5 Å². The van der Waals surface area contributed by atoms with Crippen molar-refractivity contribution >= 4 is 11.6 Å². The summed E-state index contributed by atoms with van der Waals surface area (Å²) in [4.78, 5) is 0. The topological polar surface area (TPSA) is 38.7 Å². The van der Waals surface area contributed by atoms with Gasteiger partial charge in [0.15, 0.2) is 0 Å². The maximum Gasteiger partial charge on any atom is 0.125 e. The molecule has 2 aromatic rings. The van der Waals surface area contributed by atoms with Crippen LogP contribution in [-0.2, 0) is 0 Å². The van der Waals surface area contributed by atoms with E-state index in [2.05, 4.69) is 0 Å². The van der Waals surface area contributed by atoms with Crippen LogP contribution in [0.2, 0.25) is 5.02 Å². The molecule has 0 saturated heterocycles. The van der Waals surface area contributed by atoms with Gasteiger partial charge in [0.25, 0.3) is 0 Å². The lowest BCUT2D eigenvalue weighted by atomic mass is 10.0. The van der Waals surface area contributed by atoms with E-state index in [9.17, 15) is 5.11 Å². The molecule has 1 atom stereocenters. The predicted octanol–water partition coefficient (Wildman–Crippen LogP) is 3.83. The van der Waals surface area contributed by atoms with Crippen molar-refractivity contribution < 1.29 is 14.6 Å². The summed E-state index contributed by atoms with van der Waals surface area (Å²) in [7, 11) is 1.57. The van der Waals surface area contributed by atoms with Gasteiger partial charge in [0.2, 0.25) is 0 Å². The average molecular weight is 293 g/mol. The van der Waals surface area contributed by atoms with Crippen molar-refractivity contribution in [1.82, 2.24) is 0 Å². The smallest absolute Gasteiger partial charge is 0.125 e. The normalized spacial score (nSPS) is 12.0.